The molecule has 90 valence electrons. The number of rotatable bonds is 4. The average Bonchev–Trinajstić information content (AvgIpc) is 2.79. The van der Waals surface area contributed by atoms with Gasteiger partial charge in [0.05, 0.1) is 0 Å². The molecule has 2 aromatic rings. The molecular weight excluding hydrogens is 278 g/mol. The number of aryl methyl sites for hydroxylation is 1. The summed E-state index contributed by atoms with van der Waals surface area (Å²) in [6, 6.07) is 6.69. The molecule has 0 aliphatic rings. The van der Waals surface area contributed by atoms with Gasteiger partial charge in [-0.25, -0.2) is 4.98 Å². The van der Waals surface area contributed by atoms with Gasteiger partial charge in [0.25, 0.3) is 0 Å². The Morgan fingerprint density at radius 2 is 2.29 bits per heavy atom. The fraction of sp³-hybridized carbons (Fsp3) is 0.308. The molecule has 1 aromatic carbocycles. The molecule has 1 heterocycles. The number of likely N-dealkylation sites (N-methyl/N-ethyl adjacent to an activating group) is 1. The molecule has 1 aromatic heterocycles. The number of H-pyrrole nitrogens is 1. The van der Waals surface area contributed by atoms with Gasteiger partial charge >= 0.3 is 0 Å². The number of nitrogens with zero attached hydrogens (tertiary/aromatic N) is 1. The van der Waals surface area contributed by atoms with E-state index in [-0.39, 0.29) is 6.04 Å². The maximum Gasteiger partial charge on any atom is 0.107 e. The van der Waals surface area contributed by atoms with E-state index in [0.29, 0.717) is 0 Å². The molecule has 2 N–H and O–H groups in total. The van der Waals surface area contributed by atoms with E-state index in [1.54, 1.807) is 6.20 Å². The van der Waals surface area contributed by atoms with Crippen molar-refractivity contribution in [2.24, 2.45) is 0 Å². The number of aromatic amines is 1. The largest absolute Gasteiger partial charge is 0.349 e. The SMILES string of the molecule is CNC(Cc1ncc[nH]1)c1ccc(C)cc1Br. The number of hydrogen-bond acceptors (Lipinski definition) is 2. The first-order chi connectivity index (χ1) is 8.20. The molecule has 1 atom stereocenters. The van der Waals surface area contributed by atoms with E-state index >= 15 is 0 Å². The van der Waals surface area contributed by atoms with Gasteiger partial charge < -0.3 is 10.3 Å². The highest BCUT2D eigenvalue weighted by Gasteiger charge is 2.14. The van der Waals surface area contributed by atoms with E-state index in [2.05, 4.69) is 56.3 Å². The Bertz CT molecular complexity index is 479. The van der Waals surface area contributed by atoms with Gasteiger partial charge in [0.15, 0.2) is 0 Å². The summed E-state index contributed by atoms with van der Waals surface area (Å²) in [4.78, 5) is 7.40. The van der Waals surface area contributed by atoms with Crippen LogP contribution in [0, 0.1) is 6.92 Å². The molecular formula is C13H16BrN3. The van der Waals surface area contributed by atoms with Gasteiger partial charge in [-0.1, -0.05) is 28.1 Å². The van der Waals surface area contributed by atoms with Gasteiger partial charge in [-0.2, -0.15) is 0 Å². The number of benzene rings is 1. The zero-order chi connectivity index (χ0) is 12.3. The molecule has 0 radical (unpaired) electrons. The molecule has 0 saturated heterocycles. The van der Waals surface area contributed by atoms with Crippen LogP contribution in [0.2, 0.25) is 0 Å². The molecule has 0 spiro atoms. The van der Waals surface area contributed by atoms with Crippen LogP contribution in [0.4, 0.5) is 0 Å². The number of imidazole rings is 1. The highest BCUT2D eigenvalue weighted by atomic mass is 79.9. The Balaban J connectivity index is 2.23. The lowest BCUT2D eigenvalue weighted by atomic mass is 10.0. The van der Waals surface area contributed by atoms with Crippen LogP contribution >= 0.6 is 15.9 Å². The molecule has 17 heavy (non-hydrogen) atoms. The average molecular weight is 294 g/mol. The standard InChI is InChI=1S/C13H16BrN3/c1-9-3-4-10(11(14)7-9)12(15-2)8-13-16-5-6-17-13/h3-7,12,15H,8H2,1-2H3,(H,16,17). The van der Waals surface area contributed by atoms with Crippen molar-refractivity contribution in [2.75, 3.05) is 7.05 Å². The molecule has 0 aliphatic carbocycles. The zero-order valence-electron chi connectivity index (χ0n) is 10.00. The van der Waals surface area contributed by atoms with Crippen molar-refractivity contribution in [3.05, 3.63) is 52.0 Å². The van der Waals surface area contributed by atoms with E-state index in [9.17, 15) is 0 Å². The summed E-state index contributed by atoms with van der Waals surface area (Å²) in [5.74, 6) is 0.997. The minimum Gasteiger partial charge on any atom is -0.349 e. The van der Waals surface area contributed by atoms with Gasteiger partial charge in [0.2, 0.25) is 0 Å². The van der Waals surface area contributed by atoms with Crippen LogP contribution < -0.4 is 5.32 Å². The Hall–Kier alpha value is -1.13. The normalized spacial score (nSPS) is 12.6. The Kier molecular flexibility index (Phi) is 3.97. The van der Waals surface area contributed by atoms with Crippen LogP contribution in [0.15, 0.2) is 35.1 Å². The topological polar surface area (TPSA) is 40.7 Å². The monoisotopic (exact) mass is 293 g/mol. The third kappa shape index (κ3) is 2.96. The van der Waals surface area contributed by atoms with Crippen LogP contribution in [0.25, 0.3) is 0 Å². The van der Waals surface area contributed by atoms with Crippen molar-refractivity contribution in [3.8, 4) is 0 Å². The molecule has 2 rings (SSSR count). The van der Waals surface area contributed by atoms with E-state index in [1.807, 2.05) is 13.2 Å². The number of hydrogen-bond donors (Lipinski definition) is 2. The van der Waals surface area contributed by atoms with E-state index in [4.69, 9.17) is 0 Å². The van der Waals surface area contributed by atoms with Crippen molar-refractivity contribution in [1.29, 1.82) is 0 Å². The Morgan fingerprint density at radius 1 is 1.47 bits per heavy atom. The van der Waals surface area contributed by atoms with Crippen molar-refractivity contribution >= 4 is 15.9 Å². The minimum absolute atomic E-state index is 0.260. The second-order valence-corrected chi connectivity index (χ2v) is 4.96. The number of nitrogens with one attached hydrogen (secondary N) is 2. The lowest BCUT2D eigenvalue weighted by Gasteiger charge is -2.17. The summed E-state index contributed by atoms with van der Waals surface area (Å²) >= 11 is 3.62. The third-order valence-corrected chi connectivity index (χ3v) is 3.52. The lowest BCUT2D eigenvalue weighted by molar-refractivity contribution is 0.576. The fourth-order valence-electron chi connectivity index (χ4n) is 1.89. The van der Waals surface area contributed by atoms with Gasteiger partial charge in [0.1, 0.15) is 5.82 Å². The van der Waals surface area contributed by atoms with Crippen LogP contribution in [0.3, 0.4) is 0 Å². The molecule has 3 nitrogen and oxygen atoms in total. The smallest absolute Gasteiger partial charge is 0.107 e. The van der Waals surface area contributed by atoms with E-state index in [1.165, 1.54) is 11.1 Å². The van der Waals surface area contributed by atoms with Crippen LogP contribution in [0.5, 0.6) is 0 Å². The first kappa shape index (κ1) is 12.3. The van der Waals surface area contributed by atoms with Crippen molar-refractivity contribution in [2.45, 2.75) is 19.4 Å². The highest BCUT2D eigenvalue weighted by Crippen LogP contribution is 2.26. The third-order valence-electron chi connectivity index (χ3n) is 2.83. The van der Waals surface area contributed by atoms with Crippen LogP contribution in [-0.2, 0) is 6.42 Å². The van der Waals surface area contributed by atoms with Crippen molar-refractivity contribution in [1.82, 2.24) is 15.3 Å². The molecule has 0 aliphatic heterocycles. The Morgan fingerprint density at radius 3 is 2.88 bits per heavy atom. The molecule has 0 amide bonds. The molecule has 0 saturated carbocycles. The zero-order valence-corrected chi connectivity index (χ0v) is 11.6. The summed E-state index contributed by atoms with van der Waals surface area (Å²) in [6.45, 7) is 2.09. The summed E-state index contributed by atoms with van der Waals surface area (Å²) < 4.78 is 1.14. The Labute approximate surface area is 110 Å². The number of halogens is 1. The maximum atomic E-state index is 4.27. The van der Waals surface area contributed by atoms with Crippen LogP contribution in [-0.4, -0.2) is 17.0 Å². The lowest BCUT2D eigenvalue weighted by Crippen LogP contribution is -2.19. The van der Waals surface area contributed by atoms with Gasteiger partial charge in [-0.3, -0.25) is 0 Å². The van der Waals surface area contributed by atoms with Crippen molar-refractivity contribution < 1.29 is 0 Å². The molecule has 1 unspecified atom stereocenters. The molecule has 4 heteroatoms. The quantitative estimate of drug-likeness (QED) is 0.910. The second kappa shape index (κ2) is 5.47. The molecule has 0 fully saturated rings. The van der Waals surface area contributed by atoms with E-state index < -0.39 is 0 Å². The maximum absolute atomic E-state index is 4.27. The fourth-order valence-corrected chi connectivity index (χ4v) is 2.65. The minimum atomic E-state index is 0.260. The van der Waals surface area contributed by atoms with Gasteiger partial charge in [0, 0.05) is 29.3 Å². The summed E-state index contributed by atoms with van der Waals surface area (Å²) in [7, 11) is 1.97. The summed E-state index contributed by atoms with van der Waals surface area (Å²) in [5.41, 5.74) is 2.52. The molecule has 0 bridgehead atoms. The van der Waals surface area contributed by atoms with Gasteiger partial charge in [-0.05, 0) is 31.2 Å². The summed E-state index contributed by atoms with van der Waals surface area (Å²) in [5, 5.41) is 3.33. The second-order valence-electron chi connectivity index (χ2n) is 4.11. The summed E-state index contributed by atoms with van der Waals surface area (Å²) in [6.07, 6.45) is 4.49. The van der Waals surface area contributed by atoms with Crippen LogP contribution in [0.1, 0.15) is 23.0 Å². The first-order valence-corrected chi connectivity index (χ1v) is 6.41. The van der Waals surface area contributed by atoms with E-state index in [0.717, 1.165) is 16.7 Å². The van der Waals surface area contributed by atoms with Crippen molar-refractivity contribution in [3.63, 3.8) is 0 Å². The highest BCUT2D eigenvalue weighted by molar-refractivity contribution is 9.10. The predicted octanol–water partition coefficient (Wildman–Crippen LogP) is 2.98. The van der Waals surface area contributed by atoms with Gasteiger partial charge in [-0.15, -0.1) is 0 Å². The first-order valence-electron chi connectivity index (χ1n) is 5.62. The number of aromatic nitrogens is 2. The predicted molar refractivity (Wildman–Crippen MR) is 73.0 cm³/mol.